The Hall–Kier alpha value is -3.35. The van der Waals surface area contributed by atoms with Crippen LogP contribution < -0.4 is 9.47 Å². The minimum Gasteiger partial charge on any atom is -0.493 e. The number of epoxide rings is 1. The third-order valence-electron chi connectivity index (χ3n) is 8.06. The summed E-state index contributed by atoms with van der Waals surface area (Å²) < 4.78 is 103. The van der Waals surface area contributed by atoms with Gasteiger partial charge in [-0.25, -0.2) is 18.2 Å². The molecule has 3 aromatic rings. The molecule has 42 heavy (non-hydrogen) atoms. The molecule has 0 spiro atoms. The average molecular weight is 596 g/mol. The number of aliphatic hydroxyl groups excluding tert-OH is 1. The summed E-state index contributed by atoms with van der Waals surface area (Å²) in [6.07, 6.45) is -3.49. The molecule has 6 rings (SSSR count). The number of aliphatic hydroxyl groups is 2. The van der Waals surface area contributed by atoms with Gasteiger partial charge in [0.1, 0.15) is 35.9 Å². The van der Waals surface area contributed by atoms with Gasteiger partial charge in [-0.3, -0.25) is 0 Å². The second-order valence-electron chi connectivity index (χ2n) is 11.6. The molecule has 1 unspecified atom stereocenters. The smallest absolute Gasteiger partial charge is 0.417 e. The number of rotatable bonds is 9. The van der Waals surface area contributed by atoms with Crippen molar-refractivity contribution in [1.29, 1.82) is 0 Å². The zero-order valence-electron chi connectivity index (χ0n) is 22.5. The van der Waals surface area contributed by atoms with E-state index in [1.807, 2.05) is 0 Å². The highest BCUT2D eigenvalue weighted by atomic mass is 19.4. The van der Waals surface area contributed by atoms with E-state index in [1.165, 1.54) is 13.8 Å². The number of hydrogen-bond donors (Lipinski definition) is 2. The van der Waals surface area contributed by atoms with Gasteiger partial charge in [-0.1, -0.05) is 0 Å². The molecule has 2 aliphatic carbocycles. The summed E-state index contributed by atoms with van der Waals surface area (Å²) >= 11 is 0. The Bertz CT molecular complexity index is 1510. The zero-order chi connectivity index (χ0) is 30.1. The lowest BCUT2D eigenvalue weighted by Gasteiger charge is -2.19. The first-order valence-electron chi connectivity index (χ1n) is 13.4. The van der Waals surface area contributed by atoms with E-state index in [4.69, 9.17) is 14.2 Å². The number of fused-ring (bicyclic) bond motifs is 3. The van der Waals surface area contributed by atoms with Crippen LogP contribution in [0.3, 0.4) is 0 Å². The minimum absolute atomic E-state index is 0.0930. The number of pyridine rings is 1. The molecule has 2 aromatic carbocycles. The van der Waals surface area contributed by atoms with Crippen molar-refractivity contribution in [2.75, 3.05) is 6.61 Å². The number of ether oxygens (including phenoxy) is 3. The quantitative estimate of drug-likeness (QED) is 0.237. The maximum atomic E-state index is 15.1. The third-order valence-corrected chi connectivity index (χ3v) is 8.06. The van der Waals surface area contributed by atoms with Crippen LogP contribution >= 0.6 is 0 Å². The van der Waals surface area contributed by atoms with Crippen LogP contribution in [-0.4, -0.2) is 39.8 Å². The van der Waals surface area contributed by atoms with Gasteiger partial charge in [0.25, 0.3) is 0 Å². The predicted molar refractivity (Wildman–Crippen MR) is 136 cm³/mol. The van der Waals surface area contributed by atoms with Crippen LogP contribution in [0, 0.1) is 29.3 Å². The van der Waals surface area contributed by atoms with Crippen molar-refractivity contribution in [3.05, 3.63) is 76.2 Å². The molecule has 1 saturated carbocycles. The summed E-state index contributed by atoms with van der Waals surface area (Å²) in [5.74, 6) is -3.26. The van der Waals surface area contributed by atoms with Crippen LogP contribution in [0.4, 0.5) is 26.3 Å². The highest BCUT2D eigenvalue weighted by molar-refractivity contribution is 5.71. The molecule has 224 valence electrons. The summed E-state index contributed by atoms with van der Waals surface area (Å²) in [5, 5.41) is 19.3. The number of nitrogens with zero attached hydrogens (tertiary/aromatic N) is 1. The summed E-state index contributed by atoms with van der Waals surface area (Å²) in [6, 6.07) is 4.08. The van der Waals surface area contributed by atoms with E-state index >= 15 is 8.78 Å². The molecule has 2 N–H and O–H groups in total. The molecule has 0 radical (unpaired) electrons. The Morgan fingerprint density at radius 3 is 2.31 bits per heavy atom. The number of aromatic nitrogens is 1. The van der Waals surface area contributed by atoms with Crippen LogP contribution in [0.15, 0.2) is 36.5 Å². The van der Waals surface area contributed by atoms with Crippen LogP contribution in [-0.2, 0) is 23.9 Å². The van der Waals surface area contributed by atoms with Gasteiger partial charge in [-0.2, -0.15) is 13.2 Å². The Balaban J connectivity index is 1.23. The van der Waals surface area contributed by atoms with Crippen LogP contribution in [0.5, 0.6) is 11.6 Å². The van der Waals surface area contributed by atoms with Crippen LogP contribution in [0.2, 0.25) is 0 Å². The van der Waals surface area contributed by atoms with Gasteiger partial charge in [0.2, 0.25) is 5.88 Å². The topological polar surface area (TPSA) is 84.3 Å². The zero-order valence-corrected chi connectivity index (χ0v) is 22.5. The normalized spacial score (nSPS) is 24.3. The molecule has 1 aliphatic heterocycles. The van der Waals surface area contributed by atoms with Crippen molar-refractivity contribution in [1.82, 2.24) is 4.98 Å². The SMILES string of the molecule is CC(C)(O)CCOc1cc(F)c(-c2cc(COc3cc4c(cn3)[C@H]3[C@@H](C4)[C@@H]3[C@@H]3OC3O)c(F)cc2C(F)(F)F)c(F)c1. The Kier molecular flexibility index (Phi) is 6.94. The first-order chi connectivity index (χ1) is 19.7. The number of alkyl halides is 3. The van der Waals surface area contributed by atoms with Gasteiger partial charge in [0, 0.05) is 47.9 Å². The third kappa shape index (κ3) is 5.55. The van der Waals surface area contributed by atoms with Gasteiger partial charge in [0.05, 0.1) is 23.3 Å². The monoisotopic (exact) mass is 595 g/mol. The largest absolute Gasteiger partial charge is 0.493 e. The van der Waals surface area contributed by atoms with Gasteiger partial charge < -0.3 is 24.4 Å². The summed E-state index contributed by atoms with van der Waals surface area (Å²) in [4.78, 5) is 4.24. The van der Waals surface area contributed by atoms with Gasteiger partial charge in [-0.15, -0.1) is 0 Å². The van der Waals surface area contributed by atoms with E-state index in [0.29, 0.717) is 5.92 Å². The Morgan fingerprint density at radius 1 is 1.00 bits per heavy atom. The second kappa shape index (κ2) is 10.1. The fourth-order valence-corrected chi connectivity index (χ4v) is 5.87. The van der Waals surface area contributed by atoms with Crippen molar-refractivity contribution < 1.29 is 50.8 Å². The molecule has 0 amide bonds. The predicted octanol–water partition coefficient (Wildman–Crippen LogP) is 5.91. The molecule has 2 fully saturated rings. The van der Waals surface area contributed by atoms with Crippen LogP contribution in [0.25, 0.3) is 11.1 Å². The number of hydrogen-bond acceptors (Lipinski definition) is 6. The maximum absolute atomic E-state index is 15.1. The fraction of sp³-hybridized carbons (Fsp3) is 0.433. The van der Waals surface area contributed by atoms with Gasteiger partial charge in [0.15, 0.2) is 6.29 Å². The molecule has 3 aliphatic rings. The lowest BCUT2D eigenvalue weighted by atomic mass is 9.95. The minimum atomic E-state index is -5.11. The van der Waals surface area contributed by atoms with Gasteiger partial charge in [-0.05, 0) is 55.4 Å². The molecule has 1 aromatic heterocycles. The van der Waals surface area contributed by atoms with Gasteiger partial charge >= 0.3 is 6.18 Å². The molecule has 5 atom stereocenters. The first kappa shape index (κ1) is 28.8. The Labute approximate surface area is 236 Å². The standard InChI is InChI=1S/C30H27F6NO5/c1-29(2,39)3-4-40-15-8-21(32)25(22(33)9-15)16-6-14(20(31)10-19(16)30(34,35)36)12-41-23-7-13-5-17-24(18(13)11-37-23)26(17)27-28(38)42-27/h6-11,17,24,26-28,38-39H,3-5,12H2,1-2H3/t17-,24-,26+,27+,28?/m1/s1. The van der Waals surface area contributed by atoms with Crippen LogP contribution in [0.1, 0.15) is 48.4 Å². The first-order valence-corrected chi connectivity index (χ1v) is 13.4. The van der Waals surface area contributed by atoms with Crippen molar-refractivity contribution in [2.24, 2.45) is 11.8 Å². The van der Waals surface area contributed by atoms with Crippen molar-refractivity contribution >= 4 is 0 Å². The van der Waals surface area contributed by atoms with E-state index in [0.717, 1.165) is 35.7 Å². The summed E-state index contributed by atoms with van der Waals surface area (Å²) in [7, 11) is 0. The van der Waals surface area contributed by atoms with E-state index in [1.54, 1.807) is 12.3 Å². The van der Waals surface area contributed by atoms with E-state index in [9.17, 15) is 27.8 Å². The van der Waals surface area contributed by atoms with E-state index < -0.39 is 58.8 Å². The van der Waals surface area contributed by atoms with E-state index in [2.05, 4.69) is 4.98 Å². The average Bonchev–Trinajstić information content (AvgIpc) is 3.74. The lowest BCUT2D eigenvalue weighted by Crippen LogP contribution is -2.21. The fourth-order valence-electron chi connectivity index (χ4n) is 5.87. The van der Waals surface area contributed by atoms with Crippen molar-refractivity contribution in [2.45, 2.75) is 63.4 Å². The molecule has 2 heterocycles. The summed E-state index contributed by atoms with van der Waals surface area (Å²) in [6.45, 7) is 2.40. The lowest BCUT2D eigenvalue weighted by molar-refractivity contribution is -0.137. The number of benzene rings is 2. The number of halogens is 6. The van der Waals surface area contributed by atoms with Crippen molar-refractivity contribution in [3.63, 3.8) is 0 Å². The molecule has 12 heteroatoms. The molecular weight excluding hydrogens is 568 g/mol. The highest BCUT2D eigenvalue weighted by Crippen LogP contribution is 2.66. The molecule has 0 bridgehead atoms. The van der Waals surface area contributed by atoms with Crippen molar-refractivity contribution in [3.8, 4) is 22.8 Å². The molecule has 1 saturated heterocycles. The second-order valence-corrected chi connectivity index (χ2v) is 11.6. The molecular formula is C30H27F6NO5. The summed E-state index contributed by atoms with van der Waals surface area (Å²) in [5.41, 5.74) is -2.89. The Morgan fingerprint density at radius 2 is 1.69 bits per heavy atom. The molecule has 6 nitrogen and oxygen atoms in total. The van der Waals surface area contributed by atoms with E-state index in [-0.39, 0.29) is 54.2 Å². The highest BCUT2D eigenvalue weighted by Gasteiger charge is 2.65. The maximum Gasteiger partial charge on any atom is 0.417 e.